The van der Waals surface area contributed by atoms with Crippen molar-refractivity contribution in [3.05, 3.63) is 36.6 Å². The Morgan fingerprint density at radius 1 is 0.794 bits per heavy atom. The average molecular weight is 474 g/mol. The van der Waals surface area contributed by atoms with E-state index in [1.165, 1.54) is 115 Å². The van der Waals surface area contributed by atoms with Crippen molar-refractivity contribution in [2.24, 2.45) is 0 Å². The van der Waals surface area contributed by atoms with Gasteiger partial charge in [-0.25, -0.2) is 0 Å². The average Bonchev–Trinajstić information content (AvgIpc) is 3.33. The van der Waals surface area contributed by atoms with E-state index < -0.39 is 0 Å². The lowest BCUT2D eigenvalue weighted by Crippen LogP contribution is -2.02. The van der Waals surface area contributed by atoms with Crippen molar-refractivity contribution in [1.82, 2.24) is 0 Å². The van der Waals surface area contributed by atoms with Crippen LogP contribution in [0.25, 0.3) is 0 Å². The molecule has 0 saturated heterocycles. The highest BCUT2D eigenvalue weighted by molar-refractivity contribution is 5.73. The number of hydrogen-bond donors (Lipinski definition) is 1. The van der Waals surface area contributed by atoms with Gasteiger partial charge in [-0.05, 0) is 31.1 Å². The van der Waals surface area contributed by atoms with Crippen molar-refractivity contribution in [1.29, 1.82) is 0 Å². The van der Waals surface area contributed by atoms with Gasteiger partial charge in [0, 0.05) is 18.3 Å². The first-order chi connectivity index (χ1) is 16.8. The number of ether oxygens (including phenoxy) is 2. The molecular formula is C30H51NO3. The molecule has 0 atom stereocenters. The van der Waals surface area contributed by atoms with Crippen molar-refractivity contribution >= 4 is 11.7 Å². The topological polar surface area (TPSA) is 47.6 Å². The number of anilines is 1. The molecule has 1 aliphatic heterocycles. The number of benzene rings is 1. The van der Waals surface area contributed by atoms with E-state index in [0.29, 0.717) is 6.42 Å². The van der Waals surface area contributed by atoms with Gasteiger partial charge in [0.15, 0.2) is 0 Å². The molecule has 1 N–H and O–H groups in total. The second-order valence-electron chi connectivity index (χ2n) is 9.32. The number of hydrogen-bond acceptors (Lipinski definition) is 4. The molecule has 0 aliphatic carbocycles. The summed E-state index contributed by atoms with van der Waals surface area (Å²) in [5, 5.41) is 3.51. The van der Waals surface area contributed by atoms with Crippen LogP contribution < -0.4 is 10.1 Å². The van der Waals surface area contributed by atoms with E-state index >= 15 is 0 Å². The van der Waals surface area contributed by atoms with Crippen LogP contribution in [-0.2, 0) is 9.53 Å². The second-order valence-corrected chi connectivity index (χ2v) is 9.32. The standard InChI is InChI=1S/C26H47NO.C4H4O2/c1-3-5-7-9-10-11-12-13-14-15-16-18-23-28-26-21-19-20-25(24-26)27-22-17-8-6-4-2;5-4-2-1-3-6-4/h19-21,24,27H,3-18,22-23H2,1-2H3;1,3H,2H2. The minimum Gasteiger partial charge on any atom is -0.494 e. The van der Waals surface area contributed by atoms with Crippen LogP contribution in [0.2, 0.25) is 0 Å². The fourth-order valence-electron chi connectivity index (χ4n) is 3.93. The molecule has 4 nitrogen and oxygen atoms in total. The number of nitrogens with one attached hydrogen (secondary N) is 1. The maximum Gasteiger partial charge on any atom is 0.314 e. The van der Waals surface area contributed by atoms with Gasteiger partial charge in [0.1, 0.15) is 5.75 Å². The Kier molecular flexibility index (Phi) is 20.2. The van der Waals surface area contributed by atoms with E-state index in [1.54, 1.807) is 6.08 Å². The highest BCUT2D eigenvalue weighted by Crippen LogP contribution is 2.18. The van der Waals surface area contributed by atoms with Gasteiger partial charge in [-0.2, -0.15) is 0 Å². The molecule has 2 rings (SSSR count). The summed E-state index contributed by atoms with van der Waals surface area (Å²) < 4.78 is 10.3. The molecule has 0 spiro atoms. The molecule has 0 bridgehead atoms. The zero-order valence-corrected chi connectivity index (χ0v) is 22.1. The van der Waals surface area contributed by atoms with E-state index in [0.717, 1.165) is 18.9 Å². The summed E-state index contributed by atoms with van der Waals surface area (Å²) in [5.74, 6) is 0.844. The Balaban J connectivity index is 0.000000830. The summed E-state index contributed by atoms with van der Waals surface area (Å²) >= 11 is 0. The smallest absolute Gasteiger partial charge is 0.314 e. The first-order valence-corrected chi connectivity index (χ1v) is 14.1. The van der Waals surface area contributed by atoms with Crippen molar-refractivity contribution < 1.29 is 14.3 Å². The SMILES string of the molecule is CCCCCCCCCCCCCCOc1cccc(NCCCCCC)c1.O=C1CC=CO1. The third-order valence-electron chi connectivity index (χ3n) is 6.04. The van der Waals surface area contributed by atoms with Crippen LogP contribution >= 0.6 is 0 Å². The molecule has 1 aliphatic rings. The molecule has 0 aromatic heterocycles. The van der Waals surface area contributed by atoms with Crippen LogP contribution in [0.15, 0.2) is 36.6 Å². The van der Waals surface area contributed by atoms with Crippen LogP contribution in [0.5, 0.6) is 5.75 Å². The van der Waals surface area contributed by atoms with E-state index in [-0.39, 0.29) is 5.97 Å². The lowest BCUT2D eigenvalue weighted by atomic mass is 10.1. The minimum atomic E-state index is -0.157. The Bertz CT molecular complexity index is 619. The maximum absolute atomic E-state index is 9.96. The van der Waals surface area contributed by atoms with Crippen LogP contribution in [0.3, 0.4) is 0 Å². The number of unbranched alkanes of at least 4 members (excludes halogenated alkanes) is 14. The highest BCUT2D eigenvalue weighted by atomic mass is 16.5. The van der Waals surface area contributed by atoms with Gasteiger partial charge in [0.25, 0.3) is 0 Å². The minimum absolute atomic E-state index is 0.157. The summed E-state index contributed by atoms with van der Waals surface area (Å²) in [4.78, 5) is 9.96. The predicted molar refractivity (Wildman–Crippen MR) is 145 cm³/mol. The van der Waals surface area contributed by atoms with E-state index in [9.17, 15) is 4.79 Å². The molecule has 0 amide bonds. The number of carbonyl (C=O) groups is 1. The van der Waals surface area contributed by atoms with E-state index in [4.69, 9.17) is 4.74 Å². The molecule has 34 heavy (non-hydrogen) atoms. The van der Waals surface area contributed by atoms with Crippen LogP contribution in [0.4, 0.5) is 5.69 Å². The molecule has 0 unspecified atom stereocenters. The van der Waals surface area contributed by atoms with Gasteiger partial charge in [-0.15, -0.1) is 0 Å². The van der Waals surface area contributed by atoms with Gasteiger partial charge < -0.3 is 14.8 Å². The Morgan fingerprint density at radius 3 is 1.91 bits per heavy atom. The normalized spacial score (nSPS) is 12.2. The van der Waals surface area contributed by atoms with Crippen molar-refractivity contribution in [2.75, 3.05) is 18.5 Å². The number of cyclic esters (lactones) is 1. The molecular weight excluding hydrogens is 422 g/mol. The third-order valence-corrected chi connectivity index (χ3v) is 6.04. The largest absolute Gasteiger partial charge is 0.494 e. The first-order valence-electron chi connectivity index (χ1n) is 14.1. The fraction of sp³-hybridized carbons (Fsp3) is 0.700. The van der Waals surface area contributed by atoms with Crippen LogP contribution in [0, 0.1) is 0 Å². The highest BCUT2D eigenvalue weighted by Gasteiger charge is 2.01. The lowest BCUT2D eigenvalue weighted by Gasteiger charge is -2.10. The van der Waals surface area contributed by atoms with Crippen LogP contribution in [0.1, 0.15) is 123 Å². The third kappa shape index (κ3) is 18.5. The molecule has 194 valence electrons. The van der Waals surface area contributed by atoms with Gasteiger partial charge in [0.05, 0.1) is 19.3 Å². The summed E-state index contributed by atoms with van der Waals surface area (Å²) in [6.07, 6.45) is 25.3. The molecule has 4 heteroatoms. The molecule has 0 fully saturated rings. The van der Waals surface area contributed by atoms with Gasteiger partial charge in [0.2, 0.25) is 0 Å². The Hall–Kier alpha value is -1.97. The Labute approximate surface area is 209 Å². The zero-order valence-electron chi connectivity index (χ0n) is 22.1. The first kappa shape index (κ1) is 30.1. The molecule has 0 saturated carbocycles. The van der Waals surface area contributed by atoms with Crippen molar-refractivity contribution in [3.8, 4) is 5.75 Å². The van der Waals surface area contributed by atoms with Crippen molar-refractivity contribution in [2.45, 2.75) is 123 Å². The summed E-state index contributed by atoms with van der Waals surface area (Å²) in [7, 11) is 0. The summed E-state index contributed by atoms with van der Waals surface area (Å²) in [6, 6.07) is 8.44. The molecule has 0 radical (unpaired) electrons. The monoisotopic (exact) mass is 473 g/mol. The number of carbonyl (C=O) groups excluding carboxylic acids is 1. The van der Waals surface area contributed by atoms with E-state index in [1.807, 2.05) is 0 Å². The van der Waals surface area contributed by atoms with Crippen molar-refractivity contribution in [3.63, 3.8) is 0 Å². The van der Waals surface area contributed by atoms with Crippen LogP contribution in [-0.4, -0.2) is 19.1 Å². The summed E-state index contributed by atoms with van der Waals surface area (Å²) in [5.41, 5.74) is 1.18. The fourth-order valence-corrected chi connectivity index (χ4v) is 3.93. The molecule has 1 aromatic rings. The molecule has 1 heterocycles. The predicted octanol–water partition coefficient (Wildman–Crippen LogP) is 9.21. The second kappa shape index (κ2) is 22.8. The Morgan fingerprint density at radius 2 is 1.38 bits per heavy atom. The summed E-state index contributed by atoms with van der Waals surface area (Å²) in [6.45, 7) is 6.44. The molecule has 1 aromatic carbocycles. The zero-order chi connectivity index (χ0) is 24.5. The number of rotatable bonds is 20. The maximum atomic E-state index is 9.96. The van der Waals surface area contributed by atoms with Gasteiger partial charge in [-0.3, -0.25) is 4.79 Å². The van der Waals surface area contributed by atoms with E-state index in [2.05, 4.69) is 48.2 Å². The quantitative estimate of drug-likeness (QED) is 0.151. The van der Waals surface area contributed by atoms with Gasteiger partial charge in [-0.1, -0.05) is 110 Å². The lowest BCUT2D eigenvalue weighted by molar-refractivity contribution is -0.135. The van der Waals surface area contributed by atoms with Gasteiger partial charge >= 0.3 is 5.97 Å². The number of esters is 1.